The number of carbonyl (C=O) groups is 1. The second-order valence-corrected chi connectivity index (χ2v) is 7.89. The molecule has 0 fully saturated rings. The molecule has 30 heavy (non-hydrogen) atoms. The van der Waals surface area contributed by atoms with Crippen LogP contribution in [0.1, 0.15) is 33.9 Å². The van der Waals surface area contributed by atoms with Gasteiger partial charge in [-0.2, -0.15) is 5.10 Å². The van der Waals surface area contributed by atoms with Crippen LogP contribution in [-0.2, 0) is 0 Å². The molecule has 1 atom stereocenters. The Kier molecular flexibility index (Phi) is 5.46. The predicted molar refractivity (Wildman–Crippen MR) is 122 cm³/mol. The summed E-state index contributed by atoms with van der Waals surface area (Å²) in [6, 6.07) is 23.0. The lowest BCUT2D eigenvalue weighted by Crippen LogP contribution is -2.19. The molecule has 0 spiro atoms. The molecule has 4 rings (SSSR count). The number of nitrogens with zero attached hydrogens (tertiary/aromatic N) is 3. The highest BCUT2D eigenvalue weighted by molar-refractivity contribution is 6.30. The maximum absolute atomic E-state index is 11.2. The lowest BCUT2D eigenvalue weighted by Gasteiger charge is -2.24. The normalized spacial score (nSPS) is 15.8. The second kappa shape index (κ2) is 8.20. The number of rotatable bonds is 5. The molecule has 1 N–H and O–H groups in total. The lowest BCUT2D eigenvalue weighted by molar-refractivity contribution is 0.0697. The van der Waals surface area contributed by atoms with Crippen LogP contribution in [-0.4, -0.2) is 30.9 Å². The van der Waals surface area contributed by atoms with Gasteiger partial charge in [0, 0.05) is 31.2 Å². The number of hydrogen-bond donors (Lipinski definition) is 1. The summed E-state index contributed by atoms with van der Waals surface area (Å²) in [7, 11) is 4.03. The van der Waals surface area contributed by atoms with Crippen molar-refractivity contribution >= 4 is 34.7 Å². The van der Waals surface area contributed by atoms with Crippen LogP contribution in [0.15, 0.2) is 77.9 Å². The first kappa shape index (κ1) is 20.0. The highest BCUT2D eigenvalue weighted by Gasteiger charge is 2.30. The second-order valence-electron chi connectivity index (χ2n) is 7.46. The van der Waals surface area contributed by atoms with Crippen molar-refractivity contribution in [3.05, 3.63) is 94.5 Å². The average Bonchev–Trinajstić information content (AvgIpc) is 3.20. The molecule has 1 aliphatic rings. The molecular formula is C24H22ClN3O2. The Bertz CT molecular complexity index is 1070. The van der Waals surface area contributed by atoms with E-state index in [2.05, 4.69) is 29.2 Å². The summed E-state index contributed by atoms with van der Waals surface area (Å²) in [5.41, 5.74) is 5.38. The quantitative estimate of drug-likeness (QED) is 0.596. The standard InChI is InChI=1S/C24H22ClN3O2/c1-27(2)20-11-5-17(6-12-20)23-15-22(16-3-9-19(25)10-4-16)26-28(23)21-13-7-18(8-14-21)24(29)30/h3-14,23H,15H2,1-2H3,(H,29,30)/t23-/m1/s1. The summed E-state index contributed by atoms with van der Waals surface area (Å²) >= 11 is 6.05. The highest BCUT2D eigenvalue weighted by Crippen LogP contribution is 2.37. The van der Waals surface area contributed by atoms with E-state index in [4.69, 9.17) is 16.7 Å². The van der Waals surface area contributed by atoms with Crippen molar-refractivity contribution in [2.75, 3.05) is 24.0 Å². The van der Waals surface area contributed by atoms with E-state index in [9.17, 15) is 9.90 Å². The van der Waals surface area contributed by atoms with Gasteiger partial charge in [-0.05, 0) is 59.7 Å². The molecule has 0 radical (unpaired) electrons. The van der Waals surface area contributed by atoms with E-state index in [-0.39, 0.29) is 11.6 Å². The molecule has 0 aliphatic carbocycles. The largest absolute Gasteiger partial charge is 0.478 e. The number of hydrazone groups is 1. The maximum Gasteiger partial charge on any atom is 0.335 e. The Morgan fingerprint density at radius 3 is 2.20 bits per heavy atom. The molecule has 0 amide bonds. The van der Waals surface area contributed by atoms with Gasteiger partial charge in [0.25, 0.3) is 0 Å². The molecule has 3 aromatic carbocycles. The monoisotopic (exact) mass is 419 g/mol. The number of halogens is 1. The van der Waals surface area contributed by atoms with Crippen molar-refractivity contribution in [2.24, 2.45) is 5.10 Å². The van der Waals surface area contributed by atoms with Gasteiger partial charge in [0.2, 0.25) is 0 Å². The lowest BCUT2D eigenvalue weighted by atomic mass is 9.98. The van der Waals surface area contributed by atoms with Crippen LogP contribution in [0.4, 0.5) is 11.4 Å². The van der Waals surface area contributed by atoms with Crippen molar-refractivity contribution in [3.63, 3.8) is 0 Å². The van der Waals surface area contributed by atoms with Gasteiger partial charge in [-0.3, -0.25) is 5.01 Å². The number of carboxylic acid groups (broad SMARTS) is 1. The third kappa shape index (κ3) is 4.02. The predicted octanol–water partition coefficient (Wildman–Crippen LogP) is 5.46. The van der Waals surface area contributed by atoms with Gasteiger partial charge >= 0.3 is 5.97 Å². The minimum Gasteiger partial charge on any atom is -0.478 e. The van der Waals surface area contributed by atoms with Crippen molar-refractivity contribution in [2.45, 2.75) is 12.5 Å². The number of carboxylic acids is 1. The molecule has 0 saturated heterocycles. The topological polar surface area (TPSA) is 56.1 Å². The van der Waals surface area contributed by atoms with E-state index in [0.29, 0.717) is 5.02 Å². The minimum absolute atomic E-state index is 0.0163. The van der Waals surface area contributed by atoms with Gasteiger partial charge in [-0.25, -0.2) is 4.79 Å². The number of benzene rings is 3. The molecule has 3 aromatic rings. The van der Waals surface area contributed by atoms with E-state index < -0.39 is 5.97 Å². The van der Waals surface area contributed by atoms with E-state index in [1.807, 2.05) is 43.4 Å². The van der Waals surface area contributed by atoms with Crippen LogP contribution in [0.2, 0.25) is 5.02 Å². The Balaban J connectivity index is 1.71. The van der Waals surface area contributed by atoms with E-state index in [1.54, 1.807) is 24.3 Å². The van der Waals surface area contributed by atoms with Gasteiger partial charge in [-0.1, -0.05) is 35.9 Å². The highest BCUT2D eigenvalue weighted by atomic mass is 35.5. The maximum atomic E-state index is 11.2. The van der Waals surface area contributed by atoms with Crippen LogP contribution in [0.25, 0.3) is 0 Å². The summed E-state index contributed by atoms with van der Waals surface area (Å²) in [4.78, 5) is 13.3. The number of aromatic carboxylic acids is 1. The van der Waals surface area contributed by atoms with Crippen LogP contribution in [0, 0.1) is 0 Å². The molecule has 0 saturated carbocycles. The SMILES string of the molecule is CN(C)c1ccc([C@H]2CC(c3ccc(Cl)cc3)=NN2c2ccc(C(=O)O)cc2)cc1. The summed E-state index contributed by atoms with van der Waals surface area (Å²) < 4.78 is 0. The number of anilines is 2. The zero-order chi connectivity index (χ0) is 21.3. The van der Waals surface area contributed by atoms with Crippen molar-refractivity contribution in [1.82, 2.24) is 0 Å². The van der Waals surface area contributed by atoms with Gasteiger partial charge < -0.3 is 10.0 Å². The van der Waals surface area contributed by atoms with Crippen LogP contribution >= 0.6 is 11.6 Å². The molecule has 0 aromatic heterocycles. The molecule has 6 heteroatoms. The van der Waals surface area contributed by atoms with Crippen LogP contribution in [0.5, 0.6) is 0 Å². The molecule has 152 valence electrons. The van der Waals surface area contributed by atoms with Crippen molar-refractivity contribution in [3.8, 4) is 0 Å². The van der Waals surface area contributed by atoms with Gasteiger partial charge in [0.05, 0.1) is 23.0 Å². The fraction of sp³-hybridized carbons (Fsp3) is 0.167. The third-order valence-electron chi connectivity index (χ3n) is 5.26. The molecule has 0 bridgehead atoms. The fourth-order valence-corrected chi connectivity index (χ4v) is 3.70. The molecule has 0 unspecified atom stereocenters. The summed E-state index contributed by atoms with van der Waals surface area (Å²) in [5.74, 6) is -0.941. The Morgan fingerprint density at radius 2 is 1.63 bits per heavy atom. The zero-order valence-corrected chi connectivity index (χ0v) is 17.5. The first-order valence-electron chi connectivity index (χ1n) is 9.65. The van der Waals surface area contributed by atoms with Crippen molar-refractivity contribution < 1.29 is 9.90 Å². The number of hydrogen-bond acceptors (Lipinski definition) is 4. The van der Waals surface area contributed by atoms with Crippen molar-refractivity contribution in [1.29, 1.82) is 0 Å². The van der Waals surface area contributed by atoms with Crippen LogP contribution < -0.4 is 9.91 Å². The van der Waals surface area contributed by atoms with Gasteiger partial charge in [-0.15, -0.1) is 0 Å². The Morgan fingerprint density at radius 1 is 1.00 bits per heavy atom. The molecule has 5 nitrogen and oxygen atoms in total. The van der Waals surface area contributed by atoms with Gasteiger partial charge in [0.15, 0.2) is 0 Å². The summed E-state index contributed by atoms with van der Waals surface area (Å²) in [6.45, 7) is 0. The summed E-state index contributed by atoms with van der Waals surface area (Å²) in [6.07, 6.45) is 0.740. The van der Waals surface area contributed by atoms with Crippen LogP contribution in [0.3, 0.4) is 0 Å². The van der Waals surface area contributed by atoms with E-state index in [1.165, 1.54) is 0 Å². The molecule has 1 aliphatic heterocycles. The third-order valence-corrected chi connectivity index (χ3v) is 5.51. The molecular weight excluding hydrogens is 398 g/mol. The first-order valence-corrected chi connectivity index (χ1v) is 10.0. The average molecular weight is 420 g/mol. The fourth-order valence-electron chi connectivity index (χ4n) is 3.58. The Labute approximate surface area is 180 Å². The first-order chi connectivity index (χ1) is 14.4. The van der Waals surface area contributed by atoms with E-state index in [0.717, 1.165) is 34.6 Å². The van der Waals surface area contributed by atoms with E-state index >= 15 is 0 Å². The molecule has 1 heterocycles. The minimum atomic E-state index is -0.941. The zero-order valence-electron chi connectivity index (χ0n) is 16.8. The summed E-state index contributed by atoms with van der Waals surface area (Å²) in [5, 5.41) is 16.8. The smallest absolute Gasteiger partial charge is 0.335 e. The van der Waals surface area contributed by atoms with Gasteiger partial charge in [0.1, 0.15) is 0 Å². The Hall–Kier alpha value is -3.31.